The van der Waals surface area contributed by atoms with Gasteiger partial charge in [0.1, 0.15) is 11.5 Å². The van der Waals surface area contributed by atoms with Gasteiger partial charge in [0, 0.05) is 29.8 Å². The van der Waals surface area contributed by atoms with Gasteiger partial charge in [-0.2, -0.15) is 0 Å². The van der Waals surface area contributed by atoms with Crippen molar-refractivity contribution < 1.29 is 28.4 Å². The SMILES string of the molecule is COc1ccccc1CNC(=O)COC(=O)c1ccc(-c2ccc([N+](=O)[O-])cc2)o1. The van der Waals surface area contributed by atoms with Crippen LogP contribution in [0, 0.1) is 10.1 Å². The number of amides is 1. The number of furan rings is 1. The van der Waals surface area contributed by atoms with Crippen LogP contribution in [0.5, 0.6) is 5.75 Å². The van der Waals surface area contributed by atoms with Gasteiger partial charge in [0.2, 0.25) is 5.76 Å². The quantitative estimate of drug-likeness (QED) is 0.343. The summed E-state index contributed by atoms with van der Waals surface area (Å²) in [5.74, 6) is -0.366. The van der Waals surface area contributed by atoms with Gasteiger partial charge in [-0.15, -0.1) is 0 Å². The molecule has 9 nitrogen and oxygen atoms in total. The van der Waals surface area contributed by atoms with E-state index in [9.17, 15) is 19.7 Å². The number of carbonyl (C=O) groups excluding carboxylic acids is 2. The number of carbonyl (C=O) groups is 2. The highest BCUT2D eigenvalue weighted by molar-refractivity contribution is 5.89. The van der Waals surface area contributed by atoms with Gasteiger partial charge in [0.15, 0.2) is 6.61 Å². The number of hydrogen-bond acceptors (Lipinski definition) is 7. The number of para-hydroxylation sites is 1. The Morgan fingerprint density at radius 1 is 1.07 bits per heavy atom. The van der Waals surface area contributed by atoms with Crippen molar-refractivity contribution in [1.82, 2.24) is 5.32 Å². The third-order valence-corrected chi connectivity index (χ3v) is 4.17. The van der Waals surface area contributed by atoms with Gasteiger partial charge in [0.25, 0.3) is 11.6 Å². The zero-order valence-electron chi connectivity index (χ0n) is 16.0. The van der Waals surface area contributed by atoms with E-state index in [0.29, 0.717) is 17.1 Å². The summed E-state index contributed by atoms with van der Waals surface area (Å²) in [6, 6.07) is 15.9. The third-order valence-electron chi connectivity index (χ3n) is 4.17. The summed E-state index contributed by atoms with van der Waals surface area (Å²) in [6.07, 6.45) is 0. The van der Waals surface area contributed by atoms with Crippen LogP contribution in [0.1, 0.15) is 16.1 Å². The normalized spacial score (nSPS) is 10.3. The van der Waals surface area contributed by atoms with Crippen LogP contribution in [-0.4, -0.2) is 30.5 Å². The molecule has 0 saturated heterocycles. The molecule has 3 rings (SSSR count). The number of nitro groups is 1. The molecule has 154 valence electrons. The lowest BCUT2D eigenvalue weighted by atomic mass is 10.1. The number of methoxy groups -OCH3 is 1. The van der Waals surface area contributed by atoms with Crippen molar-refractivity contribution in [1.29, 1.82) is 0 Å². The summed E-state index contributed by atoms with van der Waals surface area (Å²) in [5.41, 5.74) is 1.30. The van der Waals surface area contributed by atoms with E-state index < -0.39 is 23.4 Å². The highest BCUT2D eigenvalue weighted by atomic mass is 16.6. The maximum Gasteiger partial charge on any atom is 0.374 e. The molecule has 30 heavy (non-hydrogen) atoms. The molecule has 1 heterocycles. The molecule has 1 N–H and O–H groups in total. The highest BCUT2D eigenvalue weighted by Gasteiger charge is 2.16. The van der Waals surface area contributed by atoms with E-state index in [2.05, 4.69) is 5.32 Å². The van der Waals surface area contributed by atoms with Gasteiger partial charge in [0.05, 0.1) is 12.0 Å². The maximum atomic E-state index is 12.1. The molecule has 0 unspecified atom stereocenters. The molecule has 2 aromatic carbocycles. The van der Waals surface area contributed by atoms with Crippen molar-refractivity contribution >= 4 is 17.6 Å². The Morgan fingerprint density at radius 2 is 1.80 bits per heavy atom. The van der Waals surface area contributed by atoms with Crippen molar-refractivity contribution in [3.05, 3.63) is 82.1 Å². The number of nitro benzene ring substituents is 1. The number of non-ortho nitro benzene ring substituents is 1. The van der Waals surface area contributed by atoms with Crippen LogP contribution in [0.2, 0.25) is 0 Å². The minimum Gasteiger partial charge on any atom is -0.496 e. The Hall–Kier alpha value is -4.14. The van der Waals surface area contributed by atoms with E-state index in [-0.39, 0.29) is 18.0 Å². The second-order valence-corrected chi connectivity index (χ2v) is 6.13. The van der Waals surface area contributed by atoms with Crippen molar-refractivity contribution in [3.63, 3.8) is 0 Å². The Bertz CT molecular complexity index is 1060. The molecule has 0 aliphatic carbocycles. The van der Waals surface area contributed by atoms with Gasteiger partial charge < -0.3 is 19.2 Å². The first-order valence-electron chi connectivity index (χ1n) is 8.88. The van der Waals surface area contributed by atoms with Crippen LogP contribution in [0.3, 0.4) is 0 Å². The van der Waals surface area contributed by atoms with Gasteiger partial charge in [-0.05, 0) is 30.3 Å². The number of esters is 1. The first-order chi connectivity index (χ1) is 14.5. The number of nitrogens with one attached hydrogen (secondary N) is 1. The Labute approximate surface area is 171 Å². The largest absolute Gasteiger partial charge is 0.496 e. The van der Waals surface area contributed by atoms with Crippen molar-refractivity contribution in [3.8, 4) is 17.1 Å². The van der Waals surface area contributed by atoms with E-state index in [1.165, 1.54) is 37.4 Å². The van der Waals surface area contributed by atoms with Crippen LogP contribution in [0.4, 0.5) is 5.69 Å². The predicted molar refractivity (Wildman–Crippen MR) is 106 cm³/mol. The van der Waals surface area contributed by atoms with Crippen molar-refractivity contribution in [2.24, 2.45) is 0 Å². The molecule has 0 saturated carbocycles. The predicted octanol–water partition coefficient (Wildman–Crippen LogP) is 3.34. The Kier molecular flexibility index (Phi) is 6.43. The van der Waals surface area contributed by atoms with Crippen LogP contribution in [0.25, 0.3) is 11.3 Å². The molecule has 0 atom stereocenters. The van der Waals surface area contributed by atoms with E-state index in [0.717, 1.165) is 5.56 Å². The van der Waals surface area contributed by atoms with E-state index >= 15 is 0 Å². The topological polar surface area (TPSA) is 121 Å². The molecule has 9 heteroatoms. The van der Waals surface area contributed by atoms with E-state index in [1.54, 1.807) is 12.1 Å². The molecule has 0 bridgehead atoms. The van der Waals surface area contributed by atoms with E-state index in [1.807, 2.05) is 18.2 Å². The van der Waals surface area contributed by atoms with Crippen LogP contribution < -0.4 is 10.1 Å². The summed E-state index contributed by atoms with van der Waals surface area (Å²) >= 11 is 0. The summed E-state index contributed by atoms with van der Waals surface area (Å²) < 4.78 is 15.6. The number of nitrogens with zero attached hydrogens (tertiary/aromatic N) is 1. The standard InChI is InChI=1S/C21H18N2O7/c1-28-17-5-3-2-4-15(17)12-22-20(24)13-29-21(25)19-11-10-18(30-19)14-6-8-16(9-7-14)23(26)27/h2-11H,12-13H2,1H3,(H,22,24). The molecule has 0 radical (unpaired) electrons. The van der Waals surface area contributed by atoms with E-state index in [4.69, 9.17) is 13.9 Å². The number of benzene rings is 2. The zero-order valence-corrected chi connectivity index (χ0v) is 16.0. The lowest BCUT2D eigenvalue weighted by Crippen LogP contribution is -2.28. The zero-order chi connectivity index (χ0) is 21.5. The molecule has 0 fully saturated rings. The number of hydrogen-bond donors (Lipinski definition) is 1. The lowest BCUT2D eigenvalue weighted by Gasteiger charge is -2.09. The van der Waals surface area contributed by atoms with Gasteiger partial charge in [-0.3, -0.25) is 14.9 Å². The molecule has 0 aliphatic heterocycles. The van der Waals surface area contributed by atoms with Crippen LogP contribution >= 0.6 is 0 Å². The van der Waals surface area contributed by atoms with Crippen LogP contribution in [-0.2, 0) is 16.1 Å². The van der Waals surface area contributed by atoms with Gasteiger partial charge in [-0.25, -0.2) is 4.79 Å². The first kappa shape index (κ1) is 20.6. The maximum absolute atomic E-state index is 12.1. The molecular weight excluding hydrogens is 392 g/mol. The Balaban J connectivity index is 1.52. The summed E-state index contributed by atoms with van der Waals surface area (Å²) in [6.45, 7) is -0.243. The smallest absolute Gasteiger partial charge is 0.374 e. The fourth-order valence-corrected chi connectivity index (χ4v) is 2.65. The minimum absolute atomic E-state index is 0.0518. The molecular formula is C21H18N2O7. The minimum atomic E-state index is -0.796. The summed E-state index contributed by atoms with van der Waals surface area (Å²) in [5, 5.41) is 13.4. The summed E-state index contributed by atoms with van der Waals surface area (Å²) in [7, 11) is 1.54. The molecule has 0 spiro atoms. The fourth-order valence-electron chi connectivity index (χ4n) is 2.65. The number of rotatable bonds is 8. The lowest BCUT2D eigenvalue weighted by molar-refractivity contribution is -0.384. The summed E-state index contributed by atoms with van der Waals surface area (Å²) in [4.78, 5) is 34.3. The van der Waals surface area contributed by atoms with Crippen LogP contribution in [0.15, 0.2) is 65.1 Å². The average molecular weight is 410 g/mol. The number of ether oxygens (including phenoxy) is 2. The molecule has 1 aromatic heterocycles. The second-order valence-electron chi connectivity index (χ2n) is 6.13. The first-order valence-corrected chi connectivity index (χ1v) is 8.88. The van der Waals surface area contributed by atoms with Crippen molar-refractivity contribution in [2.75, 3.05) is 13.7 Å². The molecule has 3 aromatic rings. The fraction of sp³-hybridized carbons (Fsp3) is 0.143. The highest BCUT2D eigenvalue weighted by Crippen LogP contribution is 2.24. The third kappa shape index (κ3) is 5.02. The second kappa shape index (κ2) is 9.37. The molecule has 0 aliphatic rings. The monoisotopic (exact) mass is 410 g/mol. The van der Waals surface area contributed by atoms with Gasteiger partial charge in [-0.1, -0.05) is 18.2 Å². The van der Waals surface area contributed by atoms with Crippen molar-refractivity contribution in [2.45, 2.75) is 6.54 Å². The Morgan fingerprint density at radius 3 is 2.50 bits per heavy atom. The average Bonchev–Trinajstić information content (AvgIpc) is 3.26. The van der Waals surface area contributed by atoms with Gasteiger partial charge >= 0.3 is 5.97 Å². The molecule has 1 amide bonds.